The SMILES string of the molecule is O=c1[nH]c(=O)c2nc(/C=C/c3ccccc3)oc(=O)c2[nH]1. The number of aromatic nitrogens is 3. The first kappa shape index (κ1) is 12.8. The van der Waals surface area contributed by atoms with Crippen molar-refractivity contribution in [3.05, 3.63) is 73.0 Å². The summed E-state index contributed by atoms with van der Waals surface area (Å²) in [5.74, 6) is -0.0195. The highest BCUT2D eigenvalue weighted by Gasteiger charge is 2.09. The first-order valence-electron chi connectivity index (χ1n) is 6.04. The Labute approximate surface area is 116 Å². The molecule has 0 amide bonds. The Morgan fingerprint density at radius 3 is 2.52 bits per heavy atom. The number of hydrogen-bond donors (Lipinski definition) is 2. The van der Waals surface area contributed by atoms with Crippen molar-refractivity contribution in [3.8, 4) is 0 Å². The van der Waals surface area contributed by atoms with E-state index < -0.39 is 16.9 Å². The summed E-state index contributed by atoms with van der Waals surface area (Å²) in [4.78, 5) is 42.6. The number of aromatic amines is 2. The minimum Gasteiger partial charge on any atom is -0.403 e. The smallest absolute Gasteiger partial charge is 0.364 e. The van der Waals surface area contributed by atoms with Gasteiger partial charge in [0.25, 0.3) is 5.56 Å². The molecule has 7 heteroatoms. The zero-order chi connectivity index (χ0) is 14.8. The molecule has 21 heavy (non-hydrogen) atoms. The summed E-state index contributed by atoms with van der Waals surface area (Å²) < 4.78 is 4.95. The Kier molecular flexibility index (Phi) is 3.07. The summed E-state index contributed by atoms with van der Waals surface area (Å²) in [6.07, 6.45) is 3.16. The van der Waals surface area contributed by atoms with Gasteiger partial charge in [-0.2, -0.15) is 0 Å². The van der Waals surface area contributed by atoms with Gasteiger partial charge in [-0.3, -0.25) is 14.8 Å². The summed E-state index contributed by atoms with van der Waals surface area (Å²) in [5.41, 5.74) is -1.88. The number of fused-ring (bicyclic) bond motifs is 1. The van der Waals surface area contributed by atoms with E-state index in [-0.39, 0.29) is 16.9 Å². The average molecular weight is 283 g/mol. The molecule has 0 saturated carbocycles. The van der Waals surface area contributed by atoms with Crippen LogP contribution in [-0.2, 0) is 0 Å². The standard InChI is InChI=1S/C14H9N3O4/c18-12-10-11(16-14(20)17-12)13(19)21-9(15-10)7-6-8-4-2-1-3-5-8/h1-7H,(H2,16,17,18,20)/b7-6+. The number of nitrogens with zero attached hydrogens (tertiary/aromatic N) is 1. The largest absolute Gasteiger partial charge is 0.403 e. The number of H-pyrrole nitrogens is 2. The third-order valence-corrected chi connectivity index (χ3v) is 2.76. The van der Waals surface area contributed by atoms with Crippen LogP contribution in [0.4, 0.5) is 0 Å². The molecule has 0 aliphatic carbocycles. The number of benzene rings is 1. The van der Waals surface area contributed by atoms with E-state index in [1.54, 1.807) is 6.08 Å². The predicted octanol–water partition coefficient (Wildman–Crippen LogP) is 0.735. The molecule has 0 bridgehead atoms. The van der Waals surface area contributed by atoms with Crippen LogP contribution in [-0.4, -0.2) is 15.0 Å². The summed E-state index contributed by atoms with van der Waals surface area (Å²) >= 11 is 0. The van der Waals surface area contributed by atoms with Crippen LogP contribution in [0.15, 0.2) is 49.1 Å². The van der Waals surface area contributed by atoms with E-state index in [9.17, 15) is 14.4 Å². The lowest BCUT2D eigenvalue weighted by atomic mass is 10.2. The fourth-order valence-electron chi connectivity index (χ4n) is 1.82. The Balaban J connectivity index is 2.14. The van der Waals surface area contributed by atoms with Crippen LogP contribution in [0.1, 0.15) is 11.5 Å². The first-order chi connectivity index (χ1) is 10.1. The van der Waals surface area contributed by atoms with Crippen LogP contribution >= 0.6 is 0 Å². The number of rotatable bonds is 2. The van der Waals surface area contributed by atoms with Gasteiger partial charge in [0.15, 0.2) is 11.0 Å². The molecular weight excluding hydrogens is 274 g/mol. The van der Waals surface area contributed by atoms with Crippen molar-refractivity contribution < 1.29 is 4.42 Å². The topological polar surface area (TPSA) is 109 Å². The Morgan fingerprint density at radius 1 is 1.00 bits per heavy atom. The van der Waals surface area contributed by atoms with Gasteiger partial charge in [-0.05, 0) is 11.6 Å². The van der Waals surface area contributed by atoms with Gasteiger partial charge in [0.05, 0.1) is 0 Å². The summed E-state index contributed by atoms with van der Waals surface area (Å²) in [6, 6.07) is 9.32. The van der Waals surface area contributed by atoms with Gasteiger partial charge >= 0.3 is 11.3 Å². The van der Waals surface area contributed by atoms with E-state index in [1.165, 1.54) is 6.08 Å². The van der Waals surface area contributed by atoms with Gasteiger partial charge < -0.3 is 4.42 Å². The van der Waals surface area contributed by atoms with Gasteiger partial charge in [0.2, 0.25) is 5.89 Å². The van der Waals surface area contributed by atoms with Crippen molar-refractivity contribution in [1.29, 1.82) is 0 Å². The van der Waals surface area contributed by atoms with Crippen LogP contribution in [0.5, 0.6) is 0 Å². The van der Waals surface area contributed by atoms with E-state index in [4.69, 9.17) is 4.42 Å². The van der Waals surface area contributed by atoms with Crippen molar-refractivity contribution in [2.24, 2.45) is 0 Å². The third kappa shape index (κ3) is 2.57. The second-order valence-electron chi connectivity index (χ2n) is 4.22. The van der Waals surface area contributed by atoms with Gasteiger partial charge in [-0.25, -0.2) is 14.6 Å². The molecule has 0 fully saturated rings. The van der Waals surface area contributed by atoms with Crippen LogP contribution < -0.4 is 16.9 Å². The minimum atomic E-state index is -0.823. The Morgan fingerprint density at radius 2 is 1.76 bits per heavy atom. The van der Waals surface area contributed by atoms with Gasteiger partial charge in [0, 0.05) is 6.08 Å². The fraction of sp³-hybridized carbons (Fsp3) is 0. The normalized spacial score (nSPS) is 11.2. The van der Waals surface area contributed by atoms with E-state index in [2.05, 4.69) is 9.97 Å². The summed E-state index contributed by atoms with van der Waals surface area (Å²) in [6.45, 7) is 0. The molecule has 104 valence electrons. The lowest BCUT2D eigenvalue weighted by molar-refractivity contribution is 0.488. The molecule has 0 unspecified atom stereocenters. The maximum Gasteiger partial charge on any atom is 0.364 e. The highest BCUT2D eigenvalue weighted by atomic mass is 16.4. The average Bonchev–Trinajstić information content (AvgIpc) is 2.47. The second kappa shape index (κ2) is 5.04. The lowest BCUT2D eigenvalue weighted by Gasteiger charge is -1.96. The fourth-order valence-corrected chi connectivity index (χ4v) is 1.82. The third-order valence-electron chi connectivity index (χ3n) is 2.76. The molecule has 0 aliphatic heterocycles. The van der Waals surface area contributed by atoms with E-state index in [0.717, 1.165) is 5.56 Å². The van der Waals surface area contributed by atoms with E-state index >= 15 is 0 Å². The molecule has 2 aromatic heterocycles. The highest BCUT2D eigenvalue weighted by molar-refractivity contribution is 5.73. The summed E-state index contributed by atoms with van der Waals surface area (Å²) in [5, 5.41) is 0. The van der Waals surface area contributed by atoms with Crippen LogP contribution in [0.3, 0.4) is 0 Å². The van der Waals surface area contributed by atoms with Gasteiger partial charge in [-0.15, -0.1) is 0 Å². The van der Waals surface area contributed by atoms with Gasteiger partial charge in [0.1, 0.15) is 0 Å². The van der Waals surface area contributed by atoms with Crippen molar-refractivity contribution >= 4 is 23.2 Å². The van der Waals surface area contributed by atoms with Crippen LogP contribution in [0, 0.1) is 0 Å². The zero-order valence-electron chi connectivity index (χ0n) is 10.6. The Hall–Kier alpha value is -3.22. The van der Waals surface area contributed by atoms with Crippen LogP contribution in [0.2, 0.25) is 0 Å². The van der Waals surface area contributed by atoms with Crippen molar-refractivity contribution in [2.75, 3.05) is 0 Å². The molecule has 0 spiro atoms. The molecular formula is C14H9N3O4. The molecule has 7 nitrogen and oxygen atoms in total. The molecule has 1 aromatic carbocycles. The first-order valence-corrected chi connectivity index (χ1v) is 6.04. The molecule has 2 N–H and O–H groups in total. The minimum absolute atomic E-state index is 0.0195. The predicted molar refractivity (Wildman–Crippen MR) is 76.9 cm³/mol. The van der Waals surface area contributed by atoms with Crippen molar-refractivity contribution in [1.82, 2.24) is 15.0 Å². The van der Waals surface area contributed by atoms with Crippen molar-refractivity contribution in [3.63, 3.8) is 0 Å². The molecule has 0 radical (unpaired) electrons. The Bertz CT molecular complexity index is 996. The second-order valence-corrected chi connectivity index (χ2v) is 4.22. The van der Waals surface area contributed by atoms with Gasteiger partial charge in [-0.1, -0.05) is 30.3 Å². The number of nitrogens with one attached hydrogen (secondary N) is 2. The molecule has 0 aliphatic rings. The molecule has 3 aromatic rings. The maximum atomic E-state index is 11.8. The zero-order valence-corrected chi connectivity index (χ0v) is 10.6. The van der Waals surface area contributed by atoms with Crippen LogP contribution in [0.25, 0.3) is 23.2 Å². The summed E-state index contributed by atoms with van der Waals surface area (Å²) in [7, 11) is 0. The van der Waals surface area contributed by atoms with Crippen molar-refractivity contribution in [2.45, 2.75) is 0 Å². The molecule has 2 heterocycles. The van der Waals surface area contributed by atoms with E-state index in [1.807, 2.05) is 35.3 Å². The molecule has 0 atom stereocenters. The maximum absolute atomic E-state index is 11.8. The van der Waals surface area contributed by atoms with E-state index in [0.29, 0.717) is 0 Å². The monoisotopic (exact) mass is 283 g/mol. The molecule has 0 saturated heterocycles. The highest BCUT2D eigenvalue weighted by Crippen LogP contribution is 2.06. The molecule has 3 rings (SSSR count). The number of hydrogen-bond acceptors (Lipinski definition) is 5. The quantitative estimate of drug-likeness (QED) is 0.720. The lowest BCUT2D eigenvalue weighted by Crippen LogP contribution is -2.26.